The van der Waals surface area contributed by atoms with E-state index in [4.69, 9.17) is 0 Å². The fourth-order valence-corrected chi connectivity index (χ4v) is 4.65. The second-order valence-corrected chi connectivity index (χ2v) is 7.24. The van der Waals surface area contributed by atoms with Crippen LogP contribution >= 0.6 is 23.5 Å². The predicted octanol–water partition coefficient (Wildman–Crippen LogP) is 2.40. The average molecular weight is 311 g/mol. The minimum atomic E-state index is -0.0374. The molecule has 1 fully saturated rings. The number of hydrogen-bond acceptors (Lipinski definition) is 5. The molecule has 2 rings (SSSR count). The molecule has 1 atom stereocenters. The van der Waals surface area contributed by atoms with Gasteiger partial charge in [0.2, 0.25) is 0 Å². The predicted molar refractivity (Wildman–Crippen MR) is 89.0 cm³/mol. The van der Waals surface area contributed by atoms with Crippen LogP contribution in [0.3, 0.4) is 0 Å². The molecule has 110 valence electrons. The molecule has 0 spiro atoms. The lowest BCUT2D eigenvalue weighted by atomic mass is 10.2. The van der Waals surface area contributed by atoms with Crippen molar-refractivity contribution in [3.05, 3.63) is 23.5 Å². The Kier molecular flexibility index (Phi) is 6.04. The van der Waals surface area contributed by atoms with Crippen molar-refractivity contribution in [1.82, 2.24) is 10.3 Å². The number of anilines is 1. The number of amides is 1. The van der Waals surface area contributed by atoms with Crippen LogP contribution in [-0.2, 0) is 0 Å². The van der Waals surface area contributed by atoms with Crippen LogP contribution in [0.1, 0.15) is 23.0 Å². The van der Waals surface area contributed by atoms with E-state index in [2.05, 4.69) is 15.6 Å². The molecule has 1 amide bonds. The van der Waals surface area contributed by atoms with Gasteiger partial charge in [0.05, 0.1) is 11.3 Å². The summed E-state index contributed by atoms with van der Waals surface area (Å²) in [6.45, 7) is 5.47. The third kappa shape index (κ3) is 4.31. The summed E-state index contributed by atoms with van der Waals surface area (Å²) in [7, 11) is 0. The maximum atomic E-state index is 12.3. The molecular weight excluding hydrogens is 290 g/mol. The Hall–Kier alpha value is -0.880. The average Bonchev–Trinajstić information content (AvgIpc) is 2.46. The number of pyridine rings is 1. The Morgan fingerprint density at radius 1 is 1.50 bits per heavy atom. The third-order valence-electron chi connectivity index (χ3n) is 3.03. The molecule has 20 heavy (non-hydrogen) atoms. The van der Waals surface area contributed by atoms with Gasteiger partial charge in [-0.25, -0.2) is 0 Å². The van der Waals surface area contributed by atoms with Gasteiger partial charge in [-0.15, -0.1) is 0 Å². The van der Waals surface area contributed by atoms with Crippen LogP contribution in [-0.4, -0.2) is 46.5 Å². The number of nitrogens with one attached hydrogen (secondary N) is 2. The number of hydrogen-bond donors (Lipinski definition) is 2. The zero-order chi connectivity index (χ0) is 14.4. The van der Waals surface area contributed by atoms with Gasteiger partial charge in [0.25, 0.3) is 5.91 Å². The van der Waals surface area contributed by atoms with Gasteiger partial charge >= 0.3 is 0 Å². The first kappa shape index (κ1) is 15.5. The van der Waals surface area contributed by atoms with E-state index in [1.807, 2.05) is 43.4 Å². The summed E-state index contributed by atoms with van der Waals surface area (Å²) >= 11 is 3.92. The van der Waals surface area contributed by atoms with E-state index in [0.29, 0.717) is 10.8 Å². The SMILES string of the molecule is CCNc1cc(C)ncc1C(=O)NCC1CSCCS1. The molecule has 1 aliphatic rings. The highest BCUT2D eigenvalue weighted by Gasteiger charge is 2.17. The van der Waals surface area contributed by atoms with Gasteiger partial charge in [0.15, 0.2) is 0 Å². The van der Waals surface area contributed by atoms with E-state index in [1.165, 1.54) is 11.5 Å². The first-order chi connectivity index (χ1) is 9.70. The van der Waals surface area contributed by atoms with Crippen molar-refractivity contribution in [2.24, 2.45) is 0 Å². The van der Waals surface area contributed by atoms with E-state index >= 15 is 0 Å². The Morgan fingerprint density at radius 3 is 3.05 bits per heavy atom. The van der Waals surface area contributed by atoms with Crippen LogP contribution in [0.15, 0.2) is 12.3 Å². The molecule has 2 heterocycles. The monoisotopic (exact) mass is 311 g/mol. The Labute approximate surface area is 128 Å². The van der Waals surface area contributed by atoms with Crippen LogP contribution < -0.4 is 10.6 Å². The summed E-state index contributed by atoms with van der Waals surface area (Å²) in [5.74, 6) is 3.49. The highest BCUT2D eigenvalue weighted by molar-refractivity contribution is 8.06. The molecule has 0 bridgehead atoms. The van der Waals surface area contributed by atoms with Gasteiger partial charge in [-0.05, 0) is 19.9 Å². The van der Waals surface area contributed by atoms with Crippen molar-refractivity contribution >= 4 is 35.1 Å². The Morgan fingerprint density at radius 2 is 2.35 bits per heavy atom. The molecule has 4 nitrogen and oxygen atoms in total. The Bertz CT molecular complexity index is 462. The molecule has 0 radical (unpaired) electrons. The summed E-state index contributed by atoms with van der Waals surface area (Å²) in [6, 6.07) is 1.92. The number of thioether (sulfide) groups is 2. The molecule has 2 N–H and O–H groups in total. The first-order valence-electron chi connectivity index (χ1n) is 6.88. The van der Waals surface area contributed by atoms with Gasteiger partial charge in [0, 0.05) is 47.5 Å². The maximum absolute atomic E-state index is 12.3. The number of rotatable bonds is 5. The largest absolute Gasteiger partial charge is 0.385 e. The standard InChI is InChI=1S/C14H21N3OS2/c1-3-15-13-6-10(2)16-8-12(13)14(18)17-7-11-9-19-4-5-20-11/h6,8,11H,3-5,7,9H2,1-2H3,(H,15,16)(H,17,18). The van der Waals surface area contributed by atoms with Gasteiger partial charge in [-0.3, -0.25) is 9.78 Å². The molecular formula is C14H21N3OS2. The van der Waals surface area contributed by atoms with Crippen molar-refractivity contribution in [2.45, 2.75) is 19.1 Å². The van der Waals surface area contributed by atoms with Crippen molar-refractivity contribution in [3.63, 3.8) is 0 Å². The van der Waals surface area contributed by atoms with Crippen molar-refractivity contribution in [2.75, 3.05) is 35.7 Å². The first-order valence-corrected chi connectivity index (χ1v) is 9.09. The van der Waals surface area contributed by atoms with Crippen LogP contribution in [0.5, 0.6) is 0 Å². The molecule has 0 aromatic carbocycles. The second kappa shape index (κ2) is 7.78. The van der Waals surface area contributed by atoms with Crippen molar-refractivity contribution < 1.29 is 4.79 Å². The number of aryl methyl sites for hydroxylation is 1. The minimum absolute atomic E-state index is 0.0374. The molecule has 0 saturated carbocycles. The highest BCUT2D eigenvalue weighted by atomic mass is 32.2. The summed E-state index contributed by atoms with van der Waals surface area (Å²) in [5.41, 5.74) is 2.41. The summed E-state index contributed by atoms with van der Waals surface area (Å²) in [5, 5.41) is 6.79. The van der Waals surface area contributed by atoms with Crippen LogP contribution in [0.25, 0.3) is 0 Å². The topological polar surface area (TPSA) is 54.0 Å². The molecule has 1 unspecified atom stereocenters. The number of carbonyl (C=O) groups is 1. The lowest BCUT2D eigenvalue weighted by Crippen LogP contribution is -2.33. The molecule has 1 saturated heterocycles. The smallest absolute Gasteiger partial charge is 0.254 e. The van der Waals surface area contributed by atoms with E-state index in [1.54, 1.807) is 6.20 Å². The lowest BCUT2D eigenvalue weighted by molar-refractivity contribution is 0.0954. The Balaban J connectivity index is 1.97. The maximum Gasteiger partial charge on any atom is 0.254 e. The number of carbonyl (C=O) groups excluding carboxylic acids is 1. The lowest BCUT2D eigenvalue weighted by Gasteiger charge is -2.21. The van der Waals surface area contributed by atoms with Crippen LogP contribution in [0.4, 0.5) is 5.69 Å². The fourth-order valence-electron chi connectivity index (χ4n) is 2.03. The van der Waals surface area contributed by atoms with Gasteiger partial charge in [-0.1, -0.05) is 0 Å². The van der Waals surface area contributed by atoms with Gasteiger partial charge in [0.1, 0.15) is 0 Å². The van der Waals surface area contributed by atoms with Crippen LogP contribution in [0, 0.1) is 6.92 Å². The minimum Gasteiger partial charge on any atom is -0.385 e. The fraction of sp³-hybridized carbons (Fsp3) is 0.571. The van der Waals surface area contributed by atoms with Crippen LogP contribution in [0.2, 0.25) is 0 Å². The summed E-state index contributed by atoms with van der Waals surface area (Å²) < 4.78 is 0. The molecule has 1 aromatic heterocycles. The summed E-state index contributed by atoms with van der Waals surface area (Å²) in [4.78, 5) is 16.5. The van der Waals surface area contributed by atoms with Crippen molar-refractivity contribution in [1.29, 1.82) is 0 Å². The molecule has 0 aliphatic carbocycles. The number of nitrogens with zero attached hydrogens (tertiary/aromatic N) is 1. The normalized spacial score (nSPS) is 18.6. The van der Waals surface area contributed by atoms with Gasteiger partial charge < -0.3 is 10.6 Å². The molecule has 1 aromatic rings. The second-order valence-electron chi connectivity index (χ2n) is 4.68. The quantitative estimate of drug-likeness (QED) is 0.874. The highest BCUT2D eigenvalue weighted by Crippen LogP contribution is 2.23. The van der Waals surface area contributed by atoms with E-state index in [9.17, 15) is 4.79 Å². The zero-order valence-corrected chi connectivity index (χ0v) is 13.6. The third-order valence-corrected chi connectivity index (χ3v) is 5.87. The van der Waals surface area contributed by atoms with Crippen molar-refractivity contribution in [3.8, 4) is 0 Å². The molecule has 1 aliphatic heterocycles. The number of aromatic nitrogens is 1. The van der Waals surface area contributed by atoms with E-state index in [0.717, 1.165) is 30.2 Å². The zero-order valence-electron chi connectivity index (χ0n) is 11.9. The summed E-state index contributed by atoms with van der Waals surface area (Å²) in [6.07, 6.45) is 1.66. The van der Waals surface area contributed by atoms with Gasteiger partial charge in [-0.2, -0.15) is 23.5 Å². The van der Waals surface area contributed by atoms with E-state index in [-0.39, 0.29) is 5.91 Å². The van der Waals surface area contributed by atoms with E-state index < -0.39 is 0 Å². The molecule has 6 heteroatoms.